The SMILES string of the molecule is C[C@H]1CCCC[C@H]1NC(=O)/C(C#N)=C/c1cc(Br)cc(Br)c1O. The highest BCUT2D eigenvalue weighted by atomic mass is 79.9. The molecule has 2 atom stereocenters. The standard InChI is InChI=1S/C17H18Br2N2O2/c1-10-4-2-3-5-15(10)21-17(23)12(9-20)6-11-7-13(18)8-14(19)16(11)22/h6-8,10,15,22H,2-5H2,1H3,(H,21,23)/b12-6+/t10-,15+/m0/s1. The fraction of sp³-hybridized carbons (Fsp3) is 0.412. The summed E-state index contributed by atoms with van der Waals surface area (Å²) in [6.07, 6.45) is 5.73. The van der Waals surface area contributed by atoms with Crippen LogP contribution in [0.4, 0.5) is 0 Å². The molecule has 0 saturated heterocycles. The second-order valence-corrected chi connectivity index (χ2v) is 7.61. The van der Waals surface area contributed by atoms with E-state index in [1.165, 1.54) is 12.5 Å². The van der Waals surface area contributed by atoms with Crippen molar-refractivity contribution < 1.29 is 9.90 Å². The van der Waals surface area contributed by atoms with Crippen LogP contribution in [0.5, 0.6) is 5.75 Å². The monoisotopic (exact) mass is 440 g/mol. The zero-order valence-corrected chi connectivity index (χ0v) is 15.9. The highest BCUT2D eigenvalue weighted by Crippen LogP contribution is 2.33. The highest BCUT2D eigenvalue weighted by Gasteiger charge is 2.24. The van der Waals surface area contributed by atoms with E-state index in [1.54, 1.807) is 12.1 Å². The number of nitrogens with one attached hydrogen (secondary N) is 1. The van der Waals surface area contributed by atoms with E-state index in [9.17, 15) is 15.2 Å². The van der Waals surface area contributed by atoms with Gasteiger partial charge in [-0.05, 0) is 52.9 Å². The Bertz CT molecular complexity index is 680. The second kappa shape index (κ2) is 7.98. The number of benzene rings is 1. The topological polar surface area (TPSA) is 73.1 Å². The maximum Gasteiger partial charge on any atom is 0.262 e. The van der Waals surface area contributed by atoms with Crippen molar-refractivity contribution in [3.8, 4) is 11.8 Å². The molecule has 0 heterocycles. The molecule has 2 rings (SSSR count). The minimum atomic E-state index is -0.387. The zero-order chi connectivity index (χ0) is 17.0. The van der Waals surface area contributed by atoms with Crippen LogP contribution in [0.25, 0.3) is 6.08 Å². The molecule has 1 aromatic rings. The molecule has 1 aliphatic carbocycles. The van der Waals surface area contributed by atoms with Gasteiger partial charge in [-0.2, -0.15) is 5.26 Å². The molecule has 1 aliphatic rings. The summed E-state index contributed by atoms with van der Waals surface area (Å²) in [6, 6.07) is 5.39. The normalized spacial score (nSPS) is 21.6. The van der Waals surface area contributed by atoms with Gasteiger partial charge in [-0.3, -0.25) is 4.79 Å². The van der Waals surface area contributed by atoms with Gasteiger partial charge in [0.25, 0.3) is 5.91 Å². The van der Waals surface area contributed by atoms with Crippen molar-refractivity contribution in [1.29, 1.82) is 5.26 Å². The van der Waals surface area contributed by atoms with E-state index in [4.69, 9.17) is 0 Å². The average molecular weight is 442 g/mol. The first-order chi connectivity index (χ1) is 10.9. The largest absolute Gasteiger partial charge is 0.506 e. The van der Waals surface area contributed by atoms with Crippen molar-refractivity contribution in [2.45, 2.75) is 38.6 Å². The molecular weight excluding hydrogens is 424 g/mol. The van der Waals surface area contributed by atoms with Gasteiger partial charge >= 0.3 is 0 Å². The molecule has 122 valence electrons. The van der Waals surface area contributed by atoms with Crippen LogP contribution in [0.15, 0.2) is 26.7 Å². The molecule has 1 saturated carbocycles. The van der Waals surface area contributed by atoms with Crippen molar-refractivity contribution in [3.63, 3.8) is 0 Å². The zero-order valence-electron chi connectivity index (χ0n) is 12.8. The third-order valence-electron chi connectivity index (χ3n) is 4.15. The smallest absolute Gasteiger partial charge is 0.262 e. The predicted octanol–water partition coefficient (Wildman–Crippen LogP) is 4.52. The van der Waals surface area contributed by atoms with Crippen LogP contribution < -0.4 is 5.32 Å². The number of carbonyl (C=O) groups excluding carboxylic acids is 1. The number of halogens is 2. The van der Waals surface area contributed by atoms with Crippen molar-refractivity contribution in [2.24, 2.45) is 5.92 Å². The average Bonchev–Trinajstić information content (AvgIpc) is 2.51. The molecule has 0 aromatic heterocycles. The molecule has 0 spiro atoms. The molecule has 0 aliphatic heterocycles. The Morgan fingerprint density at radius 2 is 2.09 bits per heavy atom. The lowest BCUT2D eigenvalue weighted by Crippen LogP contribution is -2.41. The van der Waals surface area contributed by atoms with E-state index in [2.05, 4.69) is 44.1 Å². The molecule has 1 aromatic carbocycles. The minimum Gasteiger partial charge on any atom is -0.506 e. The summed E-state index contributed by atoms with van der Waals surface area (Å²) in [5.74, 6) is 0.0302. The lowest BCUT2D eigenvalue weighted by atomic mass is 9.86. The Balaban J connectivity index is 2.22. The van der Waals surface area contributed by atoms with Gasteiger partial charge in [0.15, 0.2) is 0 Å². The Kier molecular flexibility index (Phi) is 6.25. The van der Waals surface area contributed by atoms with E-state index in [1.807, 2.05) is 6.07 Å². The van der Waals surface area contributed by atoms with E-state index >= 15 is 0 Å². The predicted molar refractivity (Wildman–Crippen MR) is 96.7 cm³/mol. The van der Waals surface area contributed by atoms with Crippen LogP contribution in [0.3, 0.4) is 0 Å². The Morgan fingerprint density at radius 3 is 2.74 bits per heavy atom. The van der Waals surface area contributed by atoms with Gasteiger partial charge in [0.2, 0.25) is 0 Å². The summed E-state index contributed by atoms with van der Waals surface area (Å²) in [7, 11) is 0. The first-order valence-corrected chi connectivity index (χ1v) is 9.11. The Hall–Kier alpha value is -1.32. The van der Waals surface area contributed by atoms with Gasteiger partial charge in [-0.15, -0.1) is 0 Å². The Labute approximate surface area is 152 Å². The number of amides is 1. The number of aromatic hydroxyl groups is 1. The first-order valence-electron chi connectivity index (χ1n) is 7.53. The van der Waals surface area contributed by atoms with E-state index < -0.39 is 0 Å². The van der Waals surface area contributed by atoms with Crippen molar-refractivity contribution in [3.05, 3.63) is 32.2 Å². The summed E-state index contributed by atoms with van der Waals surface area (Å²) in [4.78, 5) is 12.4. The van der Waals surface area contributed by atoms with Crippen LogP contribution in [0.1, 0.15) is 38.2 Å². The van der Waals surface area contributed by atoms with Crippen LogP contribution in [-0.2, 0) is 4.79 Å². The van der Waals surface area contributed by atoms with E-state index in [-0.39, 0.29) is 23.3 Å². The first kappa shape index (κ1) is 18.0. The van der Waals surface area contributed by atoms with Crippen LogP contribution in [0.2, 0.25) is 0 Å². The fourth-order valence-electron chi connectivity index (χ4n) is 2.78. The van der Waals surface area contributed by atoms with Gasteiger partial charge in [0.05, 0.1) is 4.47 Å². The molecule has 2 N–H and O–H groups in total. The van der Waals surface area contributed by atoms with E-state index in [0.29, 0.717) is 16.0 Å². The summed E-state index contributed by atoms with van der Waals surface area (Å²) < 4.78 is 1.24. The van der Waals surface area contributed by atoms with E-state index in [0.717, 1.165) is 23.7 Å². The molecule has 1 amide bonds. The summed E-state index contributed by atoms with van der Waals surface area (Å²) in [5.41, 5.74) is 0.401. The number of nitrogens with zero attached hydrogens (tertiary/aromatic N) is 1. The molecular formula is C17H18Br2N2O2. The molecule has 0 radical (unpaired) electrons. The lowest BCUT2D eigenvalue weighted by Gasteiger charge is -2.29. The maximum absolute atomic E-state index is 12.4. The fourth-order valence-corrected chi connectivity index (χ4v) is 4.04. The molecule has 4 nitrogen and oxygen atoms in total. The van der Waals surface area contributed by atoms with Gasteiger partial charge in [-0.1, -0.05) is 35.7 Å². The number of carbonyl (C=O) groups is 1. The number of phenols is 1. The molecule has 6 heteroatoms. The molecule has 0 bridgehead atoms. The van der Waals surface area contributed by atoms with Gasteiger partial charge < -0.3 is 10.4 Å². The van der Waals surface area contributed by atoms with Crippen LogP contribution in [-0.4, -0.2) is 17.1 Å². The minimum absolute atomic E-state index is 0.000200. The van der Waals surface area contributed by atoms with Gasteiger partial charge in [-0.25, -0.2) is 0 Å². The lowest BCUT2D eigenvalue weighted by molar-refractivity contribution is -0.118. The quantitative estimate of drug-likeness (QED) is 0.534. The Morgan fingerprint density at radius 1 is 1.39 bits per heavy atom. The van der Waals surface area contributed by atoms with Crippen molar-refractivity contribution in [1.82, 2.24) is 5.32 Å². The summed E-state index contributed by atoms with van der Waals surface area (Å²) >= 11 is 6.57. The van der Waals surface area contributed by atoms with Crippen molar-refractivity contribution in [2.75, 3.05) is 0 Å². The maximum atomic E-state index is 12.4. The van der Waals surface area contributed by atoms with Crippen LogP contribution in [0, 0.1) is 17.2 Å². The molecule has 23 heavy (non-hydrogen) atoms. The second-order valence-electron chi connectivity index (χ2n) is 5.84. The van der Waals surface area contributed by atoms with Crippen LogP contribution >= 0.6 is 31.9 Å². The third-order valence-corrected chi connectivity index (χ3v) is 5.21. The number of phenolic OH excluding ortho intramolecular Hbond substituents is 1. The number of nitriles is 1. The summed E-state index contributed by atoms with van der Waals surface area (Å²) in [5, 5.41) is 22.3. The number of rotatable bonds is 3. The van der Waals surface area contributed by atoms with Gasteiger partial charge in [0.1, 0.15) is 17.4 Å². The highest BCUT2D eigenvalue weighted by molar-refractivity contribution is 9.11. The number of hydrogen-bond donors (Lipinski definition) is 2. The van der Waals surface area contributed by atoms with Gasteiger partial charge in [0, 0.05) is 16.1 Å². The molecule has 1 fully saturated rings. The number of hydrogen-bond acceptors (Lipinski definition) is 3. The third kappa shape index (κ3) is 4.58. The summed E-state index contributed by atoms with van der Waals surface area (Å²) in [6.45, 7) is 2.12. The molecule has 0 unspecified atom stereocenters. The van der Waals surface area contributed by atoms with Crippen molar-refractivity contribution >= 4 is 43.8 Å².